The summed E-state index contributed by atoms with van der Waals surface area (Å²) in [6.45, 7) is 3.03. The average Bonchev–Trinajstić information content (AvgIpc) is 2.85. The molecule has 3 nitrogen and oxygen atoms in total. The van der Waals surface area contributed by atoms with Gasteiger partial charge in [-0.25, -0.2) is 0 Å². The van der Waals surface area contributed by atoms with Crippen LogP contribution in [0.1, 0.15) is 30.1 Å². The van der Waals surface area contributed by atoms with Crippen LogP contribution in [0.3, 0.4) is 0 Å². The van der Waals surface area contributed by atoms with Gasteiger partial charge in [0, 0.05) is 6.61 Å². The SMILES string of the molecule is CCOCc1ccc(C(O)c2ccccc2)o1. The van der Waals surface area contributed by atoms with E-state index < -0.39 is 6.10 Å². The molecular weight excluding hydrogens is 216 g/mol. The van der Waals surface area contributed by atoms with E-state index in [4.69, 9.17) is 9.15 Å². The number of hydrogen-bond donors (Lipinski definition) is 1. The van der Waals surface area contributed by atoms with E-state index in [1.807, 2.05) is 43.3 Å². The van der Waals surface area contributed by atoms with E-state index in [9.17, 15) is 5.11 Å². The summed E-state index contributed by atoms with van der Waals surface area (Å²) in [7, 11) is 0. The number of aliphatic hydroxyl groups is 1. The lowest BCUT2D eigenvalue weighted by molar-refractivity contribution is 0.112. The van der Waals surface area contributed by atoms with Crippen molar-refractivity contribution in [1.29, 1.82) is 0 Å². The molecule has 0 spiro atoms. The summed E-state index contributed by atoms with van der Waals surface area (Å²) in [6.07, 6.45) is -0.716. The molecule has 17 heavy (non-hydrogen) atoms. The maximum Gasteiger partial charge on any atom is 0.137 e. The van der Waals surface area contributed by atoms with Gasteiger partial charge in [0.15, 0.2) is 0 Å². The van der Waals surface area contributed by atoms with Crippen LogP contribution in [-0.4, -0.2) is 11.7 Å². The number of aliphatic hydroxyl groups excluding tert-OH is 1. The lowest BCUT2D eigenvalue weighted by atomic mass is 10.1. The molecule has 0 aliphatic heterocycles. The Labute approximate surface area is 101 Å². The number of furan rings is 1. The zero-order chi connectivity index (χ0) is 12.1. The molecule has 1 heterocycles. The highest BCUT2D eigenvalue weighted by Crippen LogP contribution is 2.23. The smallest absolute Gasteiger partial charge is 0.137 e. The maximum absolute atomic E-state index is 10.1. The summed E-state index contributed by atoms with van der Waals surface area (Å²) in [5.74, 6) is 1.28. The lowest BCUT2D eigenvalue weighted by Crippen LogP contribution is -1.97. The number of rotatable bonds is 5. The van der Waals surface area contributed by atoms with Crippen molar-refractivity contribution in [2.24, 2.45) is 0 Å². The largest absolute Gasteiger partial charge is 0.460 e. The Morgan fingerprint density at radius 2 is 1.94 bits per heavy atom. The second-order valence-electron chi connectivity index (χ2n) is 3.75. The first-order valence-corrected chi connectivity index (χ1v) is 5.70. The second-order valence-corrected chi connectivity index (χ2v) is 3.75. The average molecular weight is 232 g/mol. The van der Waals surface area contributed by atoms with Crippen LogP contribution in [0.15, 0.2) is 46.9 Å². The molecule has 1 N–H and O–H groups in total. The molecule has 1 aromatic heterocycles. The number of ether oxygens (including phenoxy) is 1. The third kappa shape index (κ3) is 2.96. The van der Waals surface area contributed by atoms with Gasteiger partial charge >= 0.3 is 0 Å². The van der Waals surface area contributed by atoms with Gasteiger partial charge < -0.3 is 14.3 Å². The van der Waals surface area contributed by atoms with Gasteiger partial charge in [-0.05, 0) is 24.6 Å². The molecular formula is C14H16O3. The Morgan fingerprint density at radius 1 is 1.18 bits per heavy atom. The van der Waals surface area contributed by atoms with E-state index in [0.29, 0.717) is 19.0 Å². The van der Waals surface area contributed by atoms with Crippen LogP contribution in [0.4, 0.5) is 0 Å². The van der Waals surface area contributed by atoms with Crippen LogP contribution in [0.25, 0.3) is 0 Å². The fourth-order valence-electron chi connectivity index (χ4n) is 1.62. The Balaban J connectivity index is 2.09. The molecule has 3 heteroatoms. The molecule has 0 radical (unpaired) electrons. The first-order valence-electron chi connectivity index (χ1n) is 5.70. The highest BCUT2D eigenvalue weighted by atomic mass is 16.5. The first kappa shape index (κ1) is 11.9. The fourth-order valence-corrected chi connectivity index (χ4v) is 1.62. The van der Waals surface area contributed by atoms with Crippen molar-refractivity contribution in [2.45, 2.75) is 19.6 Å². The van der Waals surface area contributed by atoms with Crippen molar-refractivity contribution < 1.29 is 14.3 Å². The molecule has 0 amide bonds. The van der Waals surface area contributed by atoms with Gasteiger partial charge in [0.1, 0.15) is 24.2 Å². The van der Waals surface area contributed by atoms with Gasteiger partial charge in [0.05, 0.1) is 0 Å². The summed E-state index contributed by atoms with van der Waals surface area (Å²) >= 11 is 0. The quantitative estimate of drug-likeness (QED) is 0.861. The molecule has 0 saturated carbocycles. The van der Waals surface area contributed by atoms with Crippen LogP contribution >= 0.6 is 0 Å². The number of benzene rings is 1. The first-order chi connectivity index (χ1) is 8.31. The minimum absolute atomic E-state index is 0.442. The van der Waals surface area contributed by atoms with Crippen molar-refractivity contribution in [3.8, 4) is 0 Å². The summed E-state index contributed by atoms with van der Waals surface area (Å²) in [4.78, 5) is 0. The van der Waals surface area contributed by atoms with Crippen LogP contribution in [0.5, 0.6) is 0 Å². The van der Waals surface area contributed by atoms with Crippen LogP contribution < -0.4 is 0 Å². The minimum Gasteiger partial charge on any atom is -0.460 e. The summed E-state index contributed by atoms with van der Waals surface area (Å²) in [5, 5.41) is 10.1. The standard InChI is InChI=1S/C14H16O3/c1-2-16-10-12-8-9-13(17-12)14(15)11-6-4-3-5-7-11/h3-9,14-15H,2,10H2,1H3. The Bertz CT molecular complexity index is 448. The predicted molar refractivity (Wildman–Crippen MR) is 64.5 cm³/mol. The zero-order valence-electron chi connectivity index (χ0n) is 9.80. The van der Waals surface area contributed by atoms with E-state index >= 15 is 0 Å². The van der Waals surface area contributed by atoms with Gasteiger partial charge in [-0.1, -0.05) is 30.3 Å². The van der Waals surface area contributed by atoms with E-state index in [1.54, 1.807) is 6.07 Å². The van der Waals surface area contributed by atoms with Crippen LogP contribution in [0.2, 0.25) is 0 Å². The summed E-state index contributed by atoms with van der Waals surface area (Å²) < 4.78 is 10.8. The van der Waals surface area contributed by atoms with E-state index in [-0.39, 0.29) is 0 Å². The number of hydrogen-bond acceptors (Lipinski definition) is 3. The molecule has 90 valence electrons. The molecule has 0 bridgehead atoms. The molecule has 2 rings (SSSR count). The van der Waals surface area contributed by atoms with Gasteiger partial charge in [0.25, 0.3) is 0 Å². The summed E-state index contributed by atoms with van der Waals surface area (Å²) in [6, 6.07) is 13.1. The molecule has 0 aliphatic rings. The van der Waals surface area contributed by atoms with Crippen molar-refractivity contribution >= 4 is 0 Å². The third-order valence-electron chi connectivity index (χ3n) is 2.52. The van der Waals surface area contributed by atoms with Crippen LogP contribution in [-0.2, 0) is 11.3 Å². The van der Waals surface area contributed by atoms with Crippen molar-refractivity contribution in [3.05, 3.63) is 59.5 Å². The molecule has 2 aromatic rings. The minimum atomic E-state index is -0.716. The van der Waals surface area contributed by atoms with E-state index in [0.717, 1.165) is 11.3 Å². The van der Waals surface area contributed by atoms with Crippen molar-refractivity contribution in [3.63, 3.8) is 0 Å². The maximum atomic E-state index is 10.1. The highest BCUT2D eigenvalue weighted by molar-refractivity contribution is 5.24. The van der Waals surface area contributed by atoms with E-state index in [2.05, 4.69) is 0 Å². The molecule has 1 aromatic carbocycles. The van der Waals surface area contributed by atoms with Crippen molar-refractivity contribution in [2.75, 3.05) is 6.61 Å². The molecule has 0 aliphatic carbocycles. The monoisotopic (exact) mass is 232 g/mol. The predicted octanol–water partition coefficient (Wildman–Crippen LogP) is 2.90. The topological polar surface area (TPSA) is 42.6 Å². The van der Waals surface area contributed by atoms with Crippen molar-refractivity contribution in [1.82, 2.24) is 0 Å². The van der Waals surface area contributed by atoms with E-state index in [1.165, 1.54) is 0 Å². The van der Waals surface area contributed by atoms with Gasteiger partial charge in [0.2, 0.25) is 0 Å². The third-order valence-corrected chi connectivity index (χ3v) is 2.52. The fraction of sp³-hybridized carbons (Fsp3) is 0.286. The Morgan fingerprint density at radius 3 is 2.65 bits per heavy atom. The molecule has 0 fully saturated rings. The van der Waals surface area contributed by atoms with Gasteiger partial charge in [-0.3, -0.25) is 0 Å². The normalized spacial score (nSPS) is 12.6. The highest BCUT2D eigenvalue weighted by Gasteiger charge is 2.14. The second kappa shape index (κ2) is 5.66. The molecule has 1 unspecified atom stereocenters. The Hall–Kier alpha value is -1.58. The molecule has 0 saturated heterocycles. The lowest BCUT2D eigenvalue weighted by Gasteiger charge is -2.07. The van der Waals surface area contributed by atoms with Gasteiger partial charge in [-0.2, -0.15) is 0 Å². The van der Waals surface area contributed by atoms with Crippen LogP contribution in [0, 0.1) is 0 Å². The summed E-state index contributed by atoms with van der Waals surface area (Å²) in [5.41, 5.74) is 0.824. The zero-order valence-corrected chi connectivity index (χ0v) is 9.80. The molecule has 1 atom stereocenters. The Kier molecular flexibility index (Phi) is 3.96. The van der Waals surface area contributed by atoms with Gasteiger partial charge in [-0.15, -0.1) is 0 Å².